The average Bonchev–Trinajstić information content (AvgIpc) is 2.16. The largest absolute Gasteiger partial charge is 0.508 e. The van der Waals surface area contributed by atoms with Gasteiger partial charge in [0.15, 0.2) is 0 Å². The number of aliphatic carboxylic acids is 1. The summed E-state index contributed by atoms with van der Waals surface area (Å²) in [5.74, 6) is -0.876. The topological polar surface area (TPSA) is 83.6 Å². The first-order valence-electron chi connectivity index (χ1n) is 3.93. The van der Waals surface area contributed by atoms with Crippen LogP contribution in [0.25, 0.3) is 0 Å². The Hall–Kier alpha value is -0.820. The minimum Gasteiger partial charge on any atom is -0.508 e. The van der Waals surface area contributed by atoms with Crippen molar-refractivity contribution in [3.63, 3.8) is 0 Å². The smallest absolute Gasteiger partial charge is 0.321 e. The van der Waals surface area contributed by atoms with Crippen molar-refractivity contribution in [2.24, 2.45) is 5.73 Å². The molecule has 0 fully saturated rings. The molecule has 4 nitrogen and oxygen atoms in total. The molecule has 76 valence electrons. The standard InChI is InChI=1S/C9H10INO3/c10-7(8(11)9(13)14)5-1-3-6(12)4-2-5/h1-4,7-8,12H,11H2,(H,13,14)/t7?,8-/m1/s1. The Bertz CT molecular complexity index is 325. The van der Waals surface area contributed by atoms with Crippen molar-refractivity contribution in [1.29, 1.82) is 0 Å². The fourth-order valence-electron chi connectivity index (χ4n) is 0.991. The first-order valence-corrected chi connectivity index (χ1v) is 5.18. The van der Waals surface area contributed by atoms with Gasteiger partial charge in [0.25, 0.3) is 0 Å². The van der Waals surface area contributed by atoms with Gasteiger partial charge in [0.05, 0.1) is 3.92 Å². The van der Waals surface area contributed by atoms with E-state index >= 15 is 0 Å². The van der Waals surface area contributed by atoms with Gasteiger partial charge in [0, 0.05) is 0 Å². The van der Waals surface area contributed by atoms with Crippen LogP contribution in [-0.4, -0.2) is 22.2 Å². The molecule has 1 unspecified atom stereocenters. The maximum Gasteiger partial charge on any atom is 0.321 e. The number of carboxylic acids is 1. The highest BCUT2D eigenvalue weighted by Crippen LogP contribution is 2.27. The van der Waals surface area contributed by atoms with Crippen molar-refractivity contribution < 1.29 is 15.0 Å². The minimum absolute atomic E-state index is 0.154. The van der Waals surface area contributed by atoms with Gasteiger partial charge < -0.3 is 15.9 Å². The minimum atomic E-state index is -1.03. The van der Waals surface area contributed by atoms with E-state index in [0.29, 0.717) is 0 Å². The number of carbonyl (C=O) groups is 1. The molecule has 0 saturated carbocycles. The van der Waals surface area contributed by atoms with Gasteiger partial charge in [-0.3, -0.25) is 4.79 Å². The highest BCUT2D eigenvalue weighted by atomic mass is 127. The molecule has 0 bridgehead atoms. The Morgan fingerprint density at radius 1 is 1.36 bits per heavy atom. The molecule has 0 radical (unpaired) electrons. The number of hydrogen-bond acceptors (Lipinski definition) is 3. The number of alkyl halides is 1. The summed E-state index contributed by atoms with van der Waals surface area (Å²) in [5, 5.41) is 17.7. The van der Waals surface area contributed by atoms with Crippen LogP contribution in [0.1, 0.15) is 9.49 Å². The van der Waals surface area contributed by atoms with Gasteiger partial charge in [-0.05, 0) is 17.7 Å². The lowest BCUT2D eigenvalue weighted by molar-refractivity contribution is -0.138. The number of hydrogen-bond donors (Lipinski definition) is 3. The van der Waals surface area contributed by atoms with E-state index in [-0.39, 0.29) is 9.67 Å². The Balaban J connectivity index is 2.84. The molecule has 14 heavy (non-hydrogen) atoms. The zero-order chi connectivity index (χ0) is 10.7. The van der Waals surface area contributed by atoms with E-state index in [2.05, 4.69) is 0 Å². The number of benzene rings is 1. The van der Waals surface area contributed by atoms with Crippen molar-refractivity contribution in [3.05, 3.63) is 29.8 Å². The molecular weight excluding hydrogens is 297 g/mol. The zero-order valence-corrected chi connectivity index (χ0v) is 9.38. The summed E-state index contributed by atoms with van der Waals surface area (Å²) in [7, 11) is 0. The zero-order valence-electron chi connectivity index (χ0n) is 7.22. The maximum absolute atomic E-state index is 10.6. The number of carboxylic acid groups (broad SMARTS) is 1. The molecule has 0 aliphatic rings. The second-order valence-electron chi connectivity index (χ2n) is 2.86. The third-order valence-corrected chi connectivity index (χ3v) is 3.31. The fourth-order valence-corrected chi connectivity index (χ4v) is 1.71. The van der Waals surface area contributed by atoms with Gasteiger partial charge in [-0.1, -0.05) is 34.7 Å². The number of nitrogens with two attached hydrogens (primary N) is 1. The molecule has 5 heteroatoms. The Labute approximate surface area is 94.9 Å². The average molecular weight is 307 g/mol. The first-order chi connectivity index (χ1) is 6.52. The maximum atomic E-state index is 10.6. The molecule has 0 aliphatic carbocycles. The van der Waals surface area contributed by atoms with Crippen LogP contribution in [0.15, 0.2) is 24.3 Å². The monoisotopic (exact) mass is 307 g/mol. The quantitative estimate of drug-likeness (QED) is 0.580. The normalized spacial score (nSPS) is 14.7. The summed E-state index contributed by atoms with van der Waals surface area (Å²) in [4.78, 5) is 10.6. The molecule has 0 aromatic heterocycles. The van der Waals surface area contributed by atoms with E-state index in [1.165, 1.54) is 12.1 Å². The van der Waals surface area contributed by atoms with E-state index in [4.69, 9.17) is 15.9 Å². The van der Waals surface area contributed by atoms with E-state index < -0.39 is 12.0 Å². The summed E-state index contributed by atoms with van der Waals surface area (Å²) in [6.45, 7) is 0. The third kappa shape index (κ3) is 2.58. The third-order valence-electron chi connectivity index (χ3n) is 1.81. The number of rotatable bonds is 3. The lowest BCUT2D eigenvalue weighted by Crippen LogP contribution is -2.33. The predicted molar refractivity (Wildman–Crippen MR) is 60.5 cm³/mol. The van der Waals surface area contributed by atoms with Crippen LogP contribution in [0.2, 0.25) is 0 Å². The van der Waals surface area contributed by atoms with Gasteiger partial charge in [-0.15, -0.1) is 0 Å². The highest BCUT2D eigenvalue weighted by Gasteiger charge is 2.22. The Kier molecular flexibility index (Phi) is 3.70. The first kappa shape index (κ1) is 11.3. The van der Waals surface area contributed by atoms with Gasteiger partial charge >= 0.3 is 5.97 Å². The summed E-state index contributed by atoms with van der Waals surface area (Å²) < 4.78 is -0.300. The summed E-state index contributed by atoms with van der Waals surface area (Å²) >= 11 is 1.97. The Morgan fingerprint density at radius 2 is 1.86 bits per heavy atom. The molecule has 1 aromatic carbocycles. The molecule has 4 N–H and O–H groups in total. The van der Waals surface area contributed by atoms with Crippen LogP contribution < -0.4 is 5.73 Å². The lowest BCUT2D eigenvalue weighted by Gasteiger charge is -2.14. The SMILES string of the molecule is N[C@@H](C(=O)O)C(I)c1ccc(O)cc1. The Morgan fingerprint density at radius 3 is 2.29 bits per heavy atom. The van der Waals surface area contributed by atoms with Crippen LogP contribution in [0, 0.1) is 0 Å². The predicted octanol–water partition coefficient (Wildman–Crippen LogP) is 1.28. The van der Waals surface area contributed by atoms with E-state index in [9.17, 15) is 4.79 Å². The van der Waals surface area contributed by atoms with E-state index in [1.54, 1.807) is 12.1 Å². The van der Waals surface area contributed by atoms with Crippen molar-refractivity contribution >= 4 is 28.6 Å². The van der Waals surface area contributed by atoms with Crippen LogP contribution in [0.4, 0.5) is 0 Å². The summed E-state index contributed by atoms with van der Waals surface area (Å²) in [6.07, 6.45) is 0. The molecular formula is C9H10INO3. The molecule has 1 aromatic rings. The van der Waals surface area contributed by atoms with Crippen LogP contribution in [0.3, 0.4) is 0 Å². The van der Waals surface area contributed by atoms with Gasteiger partial charge in [0.1, 0.15) is 11.8 Å². The molecule has 2 atom stereocenters. The number of aromatic hydroxyl groups is 1. The lowest BCUT2D eigenvalue weighted by atomic mass is 10.1. The van der Waals surface area contributed by atoms with Crippen molar-refractivity contribution in [1.82, 2.24) is 0 Å². The van der Waals surface area contributed by atoms with Crippen LogP contribution in [0.5, 0.6) is 5.75 Å². The molecule has 0 amide bonds. The van der Waals surface area contributed by atoms with Crippen molar-refractivity contribution in [2.45, 2.75) is 9.97 Å². The number of phenols is 1. The van der Waals surface area contributed by atoms with Gasteiger partial charge in [-0.2, -0.15) is 0 Å². The number of phenolic OH excluding ortho intramolecular Hbond substituents is 1. The molecule has 0 heterocycles. The van der Waals surface area contributed by atoms with E-state index in [0.717, 1.165) is 5.56 Å². The molecule has 1 rings (SSSR count). The van der Waals surface area contributed by atoms with Crippen molar-refractivity contribution in [2.75, 3.05) is 0 Å². The highest BCUT2D eigenvalue weighted by molar-refractivity contribution is 14.1. The summed E-state index contributed by atoms with van der Waals surface area (Å²) in [6, 6.07) is 5.41. The molecule has 0 saturated heterocycles. The number of halogens is 1. The van der Waals surface area contributed by atoms with Crippen LogP contribution in [-0.2, 0) is 4.79 Å². The van der Waals surface area contributed by atoms with Gasteiger partial charge in [-0.25, -0.2) is 0 Å². The van der Waals surface area contributed by atoms with Crippen molar-refractivity contribution in [3.8, 4) is 5.75 Å². The molecule has 0 spiro atoms. The fraction of sp³-hybridized carbons (Fsp3) is 0.222. The van der Waals surface area contributed by atoms with E-state index in [1.807, 2.05) is 22.6 Å². The molecule has 0 aliphatic heterocycles. The summed E-state index contributed by atoms with van der Waals surface area (Å²) in [5.41, 5.74) is 6.25. The second-order valence-corrected chi connectivity index (χ2v) is 4.20. The second kappa shape index (κ2) is 4.61. The van der Waals surface area contributed by atoms with Crippen LogP contribution >= 0.6 is 22.6 Å². The van der Waals surface area contributed by atoms with Gasteiger partial charge in [0.2, 0.25) is 0 Å².